The highest BCUT2D eigenvalue weighted by molar-refractivity contribution is 6.00. The first kappa shape index (κ1) is 20.1. The minimum Gasteiger partial charge on any atom is -0.355 e. The fourth-order valence-electron chi connectivity index (χ4n) is 4.06. The monoisotopic (exact) mass is 409 g/mol. The molecule has 2 aliphatic heterocycles. The first-order valence-electron chi connectivity index (χ1n) is 10.2. The number of halogens is 1. The lowest BCUT2D eigenvalue weighted by atomic mass is 10.00. The molecule has 30 heavy (non-hydrogen) atoms. The SMILES string of the molecule is O=C(NCCC(=O)N1CCc2ccccc2C1)C1CC(=O)N(c2ccc(F)cc2)C1. The molecule has 1 unspecified atom stereocenters. The van der Waals surface area contributed by atoms with Crippen LogP contribution in [-0.4, -0.2) is 42.3 Å². The standard InChI is InChI=1S/C23H24FN3O3/c24-19-5-7-20(8-6-19)27-15-18(13-22(27)29)23(30)25-11-9-21(28)26-12-10-16-3-1-2-4-17(16)14-26/h1-8,18H,9-15H2,(H,25,30). The Hall–Kier alpha value is -3.22. The van der Waals surface area contributed by atoms with E-state index in [0.717, 1.165) is 6.42 Å². The summed E-state index contributed by atoms with van der Waals surface area (Å²) >= 11 is 0. The van der Waals surface area contributed by atoms with Crippen molar-refractivity contribution < 1.29 is 18.8 Å². The summed E-state index contributed by atoms with van der Waals surface area (Å²) in [5.41, 5.74) is 3.04. The predicted molar refractivity (Wildman–Crippen MR) is 110 cm³/mol. The van der Waals surface area contributed by atoms with Crippen molar-refractivity contribution in [1.82, 2.24) is 10.2 Å². The highest BCUT2D eigenvalue weighted by Gasteiger charge is 2.35. The zero-order valence-electron chi connectivity index (χ0n) is 16.6. The molecular formula is C23H24FN3O3. The van der Waals surface area contributed by atoms with E-state index in [0.29, 0.717) is 18.8 Å². The lowest BCUT2D eigenvalue weighted by Crippen LogP contribution is -2.39. The van der Waals surface area contributed by atoms with Crippen LogP contribution in [0.2, 0.25) is 0 Å². The van der Waals surface area contributed by atoms with Crippen molar-refractivity contribution in [1.29, 1.82) is 0 Å². The normalized spacial score (nSPS) is 18.3. The van der Waals surface area contributed by atoms with Crippen LogP contribution in [0.5, 0.6) is 0 Å². The molecule has 0 bridgehead atoms. The Labute approximate surface area is 174 Å². The smallest absolute Gasteiger partial charge is 0.227 e. The molecule has 3 amide bonds. The third kappa shape index (κ3) is 4.35. The highest BCUT2D eigenvalue weighted by Crippen LogP contribution is 2.25. The third-order valence-electron chi connectivity index (χ3n) is 5.76. The van der Waals surface area contributed by atoms with Crippen molar-refractivity contribution in [2.24, 2.45) is 5.92 Å². The van der Waals surface area contributed by atoms with Crippen molar-refractivity contribution >= 4 is 23.4 Å². The van der Waals surface area contributed by atoms with Crippen molar-refractivity contribution in [2.45, 2.75) is 25.8 Å². The van der Waals surface area contributed by atoms with Crippen molar-refractivity contribution in [3.63, 3.8) is 0 Å². The zero-order valence-corrected chi connectivity index (χ0v) is 16.6. The number of carbonyl (C=O) groups is 3. The van der Waals surface area contributed by atoms with Gasteiger partial charge in [0.15, 0.2) is 0 Å². The van der Waals surface area contributed by atoms with Crippen LogP contribution in [0.3, 0.4) is 0 Å². The number of fused-ring (bicyclic) bond motifs is 1. The van der Waals surface area contributed by atoms with Crippen LogP contribution >= 0.6 is 0 Å². The van der Waals surface area contributed by atoms with Gasteiger partial charge in [-0.2, -0.15) is 0 Å². The summed E-state index contributed by atoms with van der Waals surface area (Å²) in [6.45, 7) is 1.80. The molecule has 1 atom stereocenters. The average Bonchev–Trinajstić information content (AvgIpc) is 3.15. The fourth-order valence-corrected chi connectivity index (χ4v) is 4.06. The van der Waals surface area contributed by atoms with Gasteiger partial charge >= 0.3 is 0 Å². The summed E-state index contributed by atoms with van der Waals surface area (Å²) in [6, 6.07) is 13.8. The van der Waals surface area contributed by atoms with Crippen molar-refractivity contribution in [2.75, 3.05) is 24.5 Å². The molecule has 2 aliphatic rings. The molecule has 0 radical (unpaired) electrons. The third-order valence-corrected chi connectivity index (χ3v) is 5.76. The van der Waals surface area contributed by atoms with Crippen LogP contribution in [0.1, 0.15) is 24.0 Å². The van der Waals surface area contributed by atoms with E-state index in [-0.39, 0.29) is 49.5 Å². The van der Waals surface area contributed by atoms with Gasteiger partial charge < -0.3 is 15.1 Å². The Morgan fingerprint density at radius 1 is 1.07 bits per heavy atom. The Morgan fingerprint density at radius 3 is 2.57 bits per heavy atom. The number of rotatable bonds is 5. The van der Waals surface area contributed by atoms with E-state index in [1.54, 1.807) is 0 Å². The van der Waals surface area contributed by atoms with Gasteiger partial charge in [0.25, 0.3) is 0 Å². The predicted octanol–water partition coefficient (Wildman–Crippen LogP) is 2.27. The number of hydrogen-bond donors (Lipinski definition) is 1. The Bertz CT molecular complexity index is 960. The molecule has 6 nitrogen and oxygen atoms in total. The van der Waals surface area contributed by atoms with E-state index < -0.39 is 5.92 Å². The van der Waals surface area contributed by atoms with Gasteiger partial charge in [0.2, 0.25) is 17.7 Å². The van der Waals surface area contributed by atoms with Gasteiger partial charge in [-0.05, 0) is 41.8 Å². The lowest BCUT2D eigenvalue weighted by Gasteiger charge is -2.29. The second-order valence-electron chi connectivity index (χ2n) is 7.76. The minimum atomic E-state index is -0.473. The van der Waals surface area contributed by atoms with Crippen LogP contribution in [0, 0.1) is 11.7 Å². The van der Waals surface area contributed by atoms with E-state index >= 15 is 0 Å². The number of benzene rings is 2. The molecule has 0 aliphatic carbocycles. The molecule has 2 heterocycles. The average molecular weight is 409 g/mol. The number of anilines is 1. The molecule has 0 saturated carbocycles. The number of amides is 3. The van der Waals surface area contributed by atoms with Gasteiger partial charge in [-0.15, -0.1) is 0 Å². The molecule has 2 aromatic carbocycles. The zero-order chi connectivity index (χ0) is 21.1. The lowest BCUT2D eigenvalue weighted by molar-refractivity contribution is -0.132. The molecule has 4 rings (SSSR count). The molecule has 2 aromatic rings. The second-order valence-corrected chi connectivity index (χ2v) is 7.76. The summed E-state index contributed by atoms with van der Waals surface area (Å²) in [7, 11) is 0. The number of hydrogen-bond acceptors (Lipinski definition) is 3. The van der Waals surface area contributed by atoms with Crippen LogP contribution in [0.25, 0.3) is 0 Å². The maximum Gasteiger partial charge on any atom is 0.227 e. The topological polar surface area (TPSA) is 69.7 Å². The summed E-state index contributed by atoms with van der Waals surface area (Å²) in [6.07, 6.45) is 1.19. The van der Waals surface area contributed by atoms with Gasteiger partial charge in [-0.3, -0.25) is 14.4 Å². The highest BCUT2D eigenvalue weighted by atomic mass is 19.1. The van der Waals surface area contributed by atoms with Crippen LogP contribution in [-0.2, 0) is 27.3 Å². The van der Waals surface area contributed by atoms with E-state index in [1.165, 1.54) is 40.3 Å². The van der Waals surface area contributed by atoms with Crippen molar-refractivity contribution in [3.05, 3.63) is 65.5 Å². The molecule has 7 heteroatoms. The van der Waals surface area contributed by atoms with Gasteiger partial charge in [0, 0.05) is 44.7 Å². The molecule has 1 N–H and O–H groups in total. The molecule has 0 aromatic heterocycles. The number of nitrogens with zero attached hydrogens (tertiary/aromatic N) is 2. The second kappa shape index (κ2) is 8.65. The van der Waals surface area contributed by atoms with Gasteiger partial charge in [-0.25, -0.2) is 4.39 Å². The number of nitrogens with one attached hydrogen (secondary N) is 1. The summed E-state index contributed by atoms with van der Waals surface area (Å²) in [5.74, 6) is -1.23. The maximum atomic E-state index is 13.1. The summed E-state index contributed by atoms with van der Waals surface area (Å²) in [4.78, 5) is 40.6. The largest absolute Gasteiger partial charge is 0.355 e. The first-order chi connectivity index (χ1) is 14.5. The maximum absolute atomic E-state index is 13.1. The van der Waals surface area contributed by atoms with Crippen LogP contribution < -0.4 is 10.2 Å². The fraction of sp³-hybridized carbons (Fsp3) is 0.348. The van der Waals surface area contributed by atoms with E-state index in [4.69, 9.17) is 0 Å². The van der Waals surface area contributed by atoms with E-state index in [2.05, 4.69) is 11.4 Å². The molecule has 1 saturated heterocycles. The van der Waals surface area contributed by atoms with Gasteiger partial charge in [0.1, 0.15) is 5.82 Å². The van der Waals surface area contributed by atoms with E-state index in [1.807, 2.05) is 23.1 Å². The molecule has 0 spiro atoms. The molecule has 156 valence electrons. The van der Waals surface area contributed by atoms with Crippen LogP contribution in [0.4, 0.5) is 10.1 Å². The minimum absolute atomic E-state index is 0.0141. The Morgan fingerprint density at radius 2 is 1.80 bits per heavy atom. The van der Waals surface area contributed by atoms with E-state index in [9.17, 15) is 18.8 Å². The summed E-state index contributed by atoms with van der Waals surface area (Å²) < 4.78 is 13.1. The number of carbonyl (C=O) groups excluding carboxylic acids is 3. The van der Waals surface area contributed by atoms with Crippen molar-refractivity contribution in [3.8, 4) is 0 Å². The van der Waals surface area contributed by atoms with Gasteiger partial charge in [-0.1, -0.05) is 24.3 Å². The molecule has 1 fully saturated rings. The van der Waals surface area contributed by atoms with Crippen LogP contribution in [0.15, 0.2) is 48.5 Å². The van der Waals surface area contributed by atoms with Gasteiger partial charge in [0.05, 0.1) is 5.92 Å². The molecular weight excluding hydrogens is 385 g/mol. The Balaban J connectivity index is 1.25. The summed E-state index contributed by atoms with van der Waals surface area (Å²) in [5, 5.41) is 2.79. The Kier molecular flexibility index (Phi) is 5.79. The first-order valence-corrected chi connectivity index (χ1v) is 10.2. The quantitative estimate of drug-likeness (QED) is 0.824.